The number of para-hydroxylation sites is 1. The van der Waals surface area contributed by atoms with E-state index in [-0.39, 0.29) is 18.5 Å². The lowest BCUT2D eigenvalue weighted by Gasteiger charge is -2.19. The van der Waals surface area contributed by atoms with Crippen LogP contribution < -0.4 is 5.32 Å². The maximum atomic E-state index is 13.3. The van der Waals surface area contributed by atoms with Crippen molar-refractivity contribution in [3.63, 3.8) is 0 Å². The molecule has 0 spiro atoms. The van der Waals surface area contributed by atoms with Crippen LogP contribution in [0.25, 0.3) is 0 Å². The van der Waals surface area contributed by atoms with Gasteiger partial charge in [-0.3, -0.25) is 0 Å². The van der Waals surface area contributed by atoms with Crippen LogP contribution in [-0.2, 0) is 0 Å². The summed E-state index contributed by atoms with van der Waals surface area (Å²) in [5.41, 5.74) is 2.11. The zero-order chi connectivity index (χ0) is 13.8. The smallest absolute Gasteiger partial charge is 0.126 e. The number of hydrogen-bond donors (Lipinski definition) is 2. The topological polar surface area (TPSA) is 32.3 Å². The highest BCUT2D eigenvalue weighted by atomic mass is 35.5. The van der Waals surface area contributed by atoms with Crippen LogP contribution in [0.1, 0.15) is 17.2 Å². The molecule has 1 atom stereocenters. The van der Waals surface area contributed by atoms with Crippen molar-refractivity contribution in [3.8, 4) is 0 Å². The average Bonchev–Trinajstić information content (AvgIpc) is 2.41. The van der Waals surface area contributed by atoms with Crippen molar-refractivity contribution < 1.29 is 9.50 Å². The van der Waals surface area contributed by atoms with Crippen molar-refractivity contribution in [3.05, 3.63) is 64.4 Å². The molecule has 0 aliphatic carbocycles. The lowest BCUT2D eigenvalue weighted by Crippen LogP contribution is -2.15. The van der Waals surface area contributed by atoms with E-state index in [9.17, 15) is 9.50 Å². The zero-order valence-corrected chi connectivity index (χ0v) is 11.3. The molecule has 0 saturated carbocycles. The Kier molecular flexibility index (Phi) is 4.40. The second-order valence-electron chi connectivity index (χ2n) is 4.37. The van der Waals surface area contributed by atoms with Crippen molar-refractivity contribution in [1.29, 1.82) is 0 Å². The van der Waals surface area contributed by atoms with Crippen molar-refractivity contribution in [2.75, 3.05) is 11.9 Å². The number of anilines is 1. The standard InChI is InChI=1S/C15H15ClFNO/c1-10-8-11(6-7-13(10)17)15(9-19)18-14-5-3-2-4-12(14)16/h2-8,15,18-19H,9H2,1H3. The first-order valence-electron chi connectivity index (χ1n) is 6.00. The Balaban J connectivity index is 2.25. The SMILES string of the molecule is Cc1cc(C(CO)Nc2ccccc2Cl)ccc1F. The molecular formula is C15H15ClFNO. The summed E-state index contributed by atoms with van der Waals surface area (Å²) in [6.45, 7) is 1.60. The molecule has 0 aliphatic rings. The molecule has 0 fully saturated rings. The van der Waals surface area contributed by atoms with E-state index >= 15 is 0 Å². The largest absolute Gasteiger partial charge is 0.394 e. The number of hydrogen-bond acceptors (Lipinski definition) is 2. The Morgan fingerprint density at radius 1 is 1.26 bits per heavy atom. The molecule has 100 valence electrons. The summed E-state index contributed by atoms with van der Waals surface area (Å²) in [4.78, 5) is 0. The minimum atomic E-state index is -0.320. The van der Waals surface area contributed by atoms with Gasteiger partial charge in [-0.15, -0.1) is 0 Å². The van der Waals surface area contributed by atoms with Crippen LogP contribution >= 0.6 is 11.6 Å². The van der Waals surface area contributed by atoms with Gasteiger partial charge >= 0.3 is 0 Å². The summed E-state index contributed by atoms with van der Waals surface area (Å²) in [6.07, 6.45) is 0. The van der Waals surface area contributed by atoms with Crippen molar-refractivity contribution in [1.82, 2.24) is 0 Å². The zero-order valence-electron chi connectivity index (χ0n) is 10.5. The molecule has 0 aromatic heterocycles. The van der Waals surface area contributed by atoms with E-state index in [4.69, 9.17) is 11.6 Å². The monoisotopic (exact) mass is 279 g/mol. The summed E-state index contributed by atoms with van der Waals surface area (Å²) in [7, 11) is 0. The van der Waals surface area contributed by atoms with Gasteiger partial charge in [-0.2, -0.15) is 0 Å². The molecule has 2 aromatic rings. The maximum Gasteiger partial charge on any atom is 0.126 e. The first kappa shape index (κ1) is 13.8. The molecule has 0 saturated heterocycles. The molecular weight excluding hydrogens is 265 g/mol. The summed E-state index contributed by atoms with van der Waals surface area (Å²) < 4.78 is 13.3. The molecule has 0 amide bonds. The quantitative estimate of drug-likeness (QED) is 0.889. The van der Waals surface area contributed by atoms with Gasteiger partial charge in [0.15, 0.2) is 0 Å². The number of rotatable bonds is 4. The van der Waals surface area contributed by atoms with Crippen molar-refractivity contribution >= 4 is 17.3 Å². The Labute approximate surface area is 116 Å². The van der Waals surface area contributed by atoms with Crippen LogP contribution in [-0.4, -0.2) is 11.7 Å². The highest BCUT2D eigenvalue weighted by Crippen LogP contribution is 2.26. The fourth-order valence-corrected chi connectivity index (χ4v) is 2.08. The molecule has 2 nitrogen and oxygen atoms in total. The maximum absolute atomic E-state index is 13.3. The predicted molar refractivity (Wildman–Crippen MR) is 76.0 cm³/mol. The minimum absolute atomic E-state index is 0.101. The van der Waals surface area contributed by atoms with Gasteiger partial charge in [0.1, 0.15) is 5.82 Å². The molecule has 4 heteroatoms. The summed E-state index contributed by atoms with van der Waals surface area (Å²) in [5, 5.41) is 13.2. The van der Waals surface area contributed by atoms with E-state index in [1.165, 1.54) is 6.07 Å². The van der Waals surface area contributed by atoms with Crippen LogP contribution in [0.3, 0.4) is 0 Å². The third kappa shape index (κ3) is 3.25. The first-order valence-corrected chi connectivity index (χ1v) is 6.37. The van der Waals surface area contributed by atoms with Gasteiger partial charge in [0.2, 0.25) is 0 Å². The lowest BCUT2D eigenvalue weighted by molar-refractivity contribution is 0.276. The molecule has 1 unspecified atom stereocenters. The van der Waals surface area contributed by atoms with Gasteiger partial charge in [0, 0.05) is 0 Å². The number of nitrogens with one attached hydrogen (secondary N) is 1. The first-order chi connectivity index (χ1) is 9.11. The fraction of sp³-hybridized carbons (Fsp3) is 0.200. The van der Waals surface area contributed by atoms with E-state index < -0.39 is 0 Å². The highest BCUT2D eigenvalue weighted by Gasteiger charge is 2.12. The number of aliphatic hydroxyl groups is 1. The summed E-state index contributed by atoms with van der Waals surface area (Å²) >= 11 is 6.07. The van der Waals surface area contributed by atoms with Crippen molar-refractivity contribution in [2.45, 2.75) is 13.0 Å². The van der Waals surface area contributed by atoms with Gasteiger partial charge in [-0.1, -0.05) is 35.9 Å². The number of benzene rings is 2. The third-order valence-electron chi connectivity index (χ3n) is 2.97. The van der Waals surface area contributed by atoms with Crippen molar-refractivity contribution in [2.24, 2.45) is 0 Å². The molecule has 0 aliphatic heterocycles. The van der Waals surface area contributed by atoms with Gasteiger partial charge in [0.25, 0.3) is 0 Å². The Hall–Kier alpha value is -1.58. The highest BCUT2D eigenvalue weighted by molar-refractivity contribution is 6.33. The van der Waals surface area contributed by atoms with Crippen LogP contribution in [0.15, 0.2) is 42.5 Å². The Morgan fingerprint density at radius 2 is 2.00 bits per heavy atom. The van der Waals surface area contributed by atoms with Gasteiger partial charge < -0.3 is 10.4 Å². The molecule has 0 heterocycles. The van der Waals surface area contributed by atoms with E-state index in [2.05, 4.69) is 5.32 Å². The number of halogens is 2. The third-order valence-corrected chi connectivity index (χ3v) is 3.30. The van der Waals surface area contributed by atoms with Crippen LogP contribution in [0.2, 0.25) is 5.02 Å². The van der Waals surface area contributed by atoms with E-state index in [1.54, 1.807) is 25.1 Å². The molecule has 0 radical (unpaired) electrons. The van der Waals surface area contributed by atoms with Gasteiger partial charge in [0.05, 0.1) is 23.4 Å². The normalized spacial score (nSPS) is 12.2. The molecule has 2 rings (SSSR count). The minimum Gasteiger partial charge on any atom is -0.394 e. The van der Waals surface area contributed by atoms with E-state index in [1.807, 2.05) is 18.2 Å². The lowest BCUT2D eigenvalue weighted by atomic mass is 10.0. The molecule has 2 aromatic carbocycles. The second-order valence-corrected chi connectivity index (χ2v) is 4.78. The predicted octanol–water partition coefficient (Wildman–Crippen LogP) is 3.93. The number of aryl methyl sites for hydroxylation is 1. The summed E-state index contributed by atoms with van der Waals surface area (Å²) in [5.74, 6) is -0.252. The molecule has 2 N–H and O–H groups in total. The Morgan fingerprint density at radius 3 is 2.63 bits per heavy atom. The van der Waals surface area contributed by atoms with E-state index in [0.717, 1.165) is 11.3 Å². The van der Waals surface area contributed by atoms with E-state index in [0.29, 0.717) is 10.6 Å². The van der Waals surface area contributed by atoms with Gasteiger partial charge in [-0.05, 0) is 36.2 Å². The van der Waals surface area contributed by atoms with Crippen LogP contribution in [0.5, 0.6) is 0 Å². The summed E-state index contributed by atoms with van der Waals surface area (Å²) in [6, 6.07) is 11.8. The average molecular weight is 280 g/mol. The number of aliphatic hydroxyl groups excluding tert-OH is 1. The van der Waals surface area contributed by atoms with Crippen LogP contribution in [0.4, 0.5) is 10.1 Å². The Bertz CT molecular complexity index is 574. The molecule has 19 heavy (non-hydrogen) atoms. The van der Waals surface area contributed by atoms with Gasteiger partial charge in [-0.25, -0.2) is 4.39 Å². The second kappa shape index (κ2) is 6.04. The molecule has 0 bridgehead atoms. The fourth-order valence-electron chi connectivity index (χ4n) is 1.88. The van der Waals surface area contributed by atoms with Crippen LogP contribution in [0, 0.1) is 12.7 Å².